The molecule has 0 unspecified atom stereocenters. The third-order valence-corrected chi connectivity index (χ3v) is 3.62. The number of pyridine rings is 2. The quantitative estimate of drug-likeness (QED) is 0.472. The first-order chi connectivity index (χ1) is 12.2. The molecule has 4 aromatic heterocycles. The van der Waals surface area contributed by atoms with E-state index in [2.05, 4.69) is 20.2 Å². The Morgan fingerprint density at radius 3 is 2.38 bits per heavy atom. The zero-order valence-electron chi connectivity index (χ0n) is 12.3. The maximum Gasteiger partial charge on any atom is 0.418 e. The molecule has 4 rings (SSSR count). The van der Waals surface area contributed by atoms with Gasteiger partial charge < -0.3 is 4.42 Å². The molecule has 0 aliphatic heterocycles. The van der Waals surface area contributed by atoms with E-state index in [0.29, 0.717) is 0 Å². The number of hydrogen-bond donors (Lipinski definition) is 0. The first kappa shape index (κ1) is 16.3. The average Bonchev–Trinajstić information content (AvgIpc) is 3.20. The zero-order valence-corrected chi connectivity index (χ0v) is 12.3. The van der Waals surface area contributed by atoms with Crippen LogP contribution in [0.1, 0.15) is 11.1 Å². The van der Waals surface area contributed by atoms with Crippen molar-refractivity contribution >= 4 is 16.7 Å². The van der Waals surface area contributed by atoms with Crippen molar-refractivity contribution in [1.82, 2.24) is 24.6 Å². The minimum absolute atomic E-state index is 0.00445. The second-order valence-electron chi connectivity index (χ2n) is 5.21. The summed E-state index contributed by atoms with van der Waals surface area (Å²) in [7, 11) is 0. The molecule has 0 bridgehead atoms. The van der Waals surface area contributed by atoms with Gasteiger partial charge in [-0.3, -0.25) is 4.40 Å². The standard InChI is InChI=1S/C14H5F6N5O/c15-13(16,17)7-3-21-11-6(10(7)14(18,19)20)1-2-9-23-8(4-25(9)11)12-24-22-5-26-12/h1-5H. The van der Waals surface area contributed by atoms with Gasteiger partial charge in [-0.1, -0.05) is 0 Å². The monoisotopic (exact) mass is 373 g/mol. The fourth-order valence-electron chi connectivity index (χ4n) is 2.61. The molecule has 4 aromatic rings. The van der Waals surface area contributed by atoms with Crippen LogP contribution in [0, 0.1) is 0 Å². The van der Waals surface area contributed by atoms with E-state index < -0.39 is 28.9 Å². The summed E-state index contributed by atoms with van der Waals surface area (Å²) in [6.07, 6.45) is -7.98. The van der Waals surface area contributed by atoms with Crippen molar-refractivity contribution in [2.45, 2.75) is 12.4 Å². The summed E-state index contributed by atoms with van der Waals surface area (Å²) < 4.78 is 85.2. The van der Waals surface area contributed by atoms with Crippen molar-refractivity contribution in [2.75, 3.05) is 0 Å². The van der Waals surface area contributed by atoms with Crippen molar-refractivity contribution in [3.05, 3.63) is 42.0 Å². The number of halogens is 6. The highest BCUT2D eigenvalue weighted by Gasteiger charge is 2.45. The van der Waals surface area contributed by atoms with E-state index in [1.807, 2.05) is 0 Å². The van der Waals surface area contributed by atoms with E-state index in [9.17, 15) is 26.3 Å². The van der Waals surface area contributed by atoms with Gasteiger partial charge in [0.1, 0.15) is 17.0 Å². The van der Waals surface area contributed by atoms with Gasteiger partial charge in [0.15, 0.2) is 0 Å². The molecular formula is C14H5F6N5O. The number of nitrogens with zero attached hydrogens (tertiary/aromatic N) is 5. The first-order valence-electron chi connectivity index (χ1n) is 6.88. The van der Waals surface area contributed by atoms with Gasteiger partial charge in [-0.25, -0.2) is 9.97 Å². The van der Waals surface area contributed by atoms with Crippen LogP contribution >= 0.6 is 0 Å². The lowest BCUT2D eigenvalue weighted by molar-refractivity contribution is -0.161. The second-order valence-corrected chi connectivity index (χ2v) is 5.21. The van der Waals surface area contributed by atoms with Crippen LogP contribution in [-0.4, -0.2) is 24.6 Å². The molecule has 0 radical (unpaired) electrons. The number of imidazole rings is 1. The van der Waals surface area contributed by atoms with Gasteiger partial charge in [0, 0.05) is 17.8 Å². The van der Waals surface area contributed by atoms with Crippen molar-refractivity contribution in [3.8, 4) is 11.6 Å². The van der Waals surface area contributed by atoms with Gasteiger partial charge >= 0.3 is 12.4 Å². The van der Waals surface area contributed by atoms with Gasteiger partial charge in [-0.05, 0) is 12.1 Å². The summed E-state index contributed by atoms with van der Waals surface area (Å²) in [4.78, 5) is 7.67. The Morgan fingerprint density at radius 2 is 1.77 bits per heavy atom. The maximum absolute atomic E-state index is 13.4. The minimum atomic E-state index is -5.23. The van der Waals surface area contributed by atoms with E-state index >= 15 is 0 Å². The van der Waals surface area contributed by atoms with Crippen LogP contribution in [0.4, 0.5) is 26.3 Å². The molecule has 26 heavy (non-hydrogen) atoms. The summed E-state index contributed by atoms with van der Waals surface area (Å²) >= 11 is 0. The van der Waals surface area contributed by atoms with Crippen molar-refractivity contribution in [2.24, 2.45) is 0 Å². The molecule has 0 N–H and O–H groups in total. The third-order valence-electron chi connectivity index (χ3n) is 3.62. The Hall–Kier alpha value is -3.18. The SMILES string of the molecule is FC(F)(F)c1cnc2c(ccc3nc(-c4nnco4)cn32)c1C(F)(F)F. The molecule has 0 amide bonds. The highest BCUT2D eigenvalue weighted by Crippen LogP contribution is 2.43. The highest BCUT2D eigenvalue weighted by molar-refractivity contribution is 5.84. The van der Waals surface area contributed by atoms with Crippen LogP contribution in [0.2, 0.25) is 0 Å². The predicted molar refractivity (Wildman–Crippen MR) is 73.8 cm³/mol. The van der Waals surface area contributed by atoms with E-state index in [1.54, 1.807) is 0 Å². The normalized spacial score (nSPS) is 13.0. The molecule has 0 fully saturated rings. The summed E-state index contributed by atoms with van der Waals surface area (Å²) in [5, 5.41) is 6.38. The van der Waals surface area contributed by atoms with Crippen LogP contribution < -0.4 is 0 Å². The molecule has 134 valence electrons. The molecule has 0 aliphatic carbocycles. The van der Waals surface area contributed by atoms with E-state index in [-0.39, 0.29) is 29.1 Å². The summed E-state index contributed by atoms with van der Waals surface area (Å²) in [6, 6.07) is 2.06. The minimum Gasteiger partial charge on any atom is -0.422 e. The third kappa shape index (κ3) is 2.45. The van der Waals surface area contributed by atoms with Crippen LogP contribution in [0.15, 0.2) is 35.3 Å². The first-order valence-corrected chi connectivity index (χ1v) is 6.88. The van der Waals surface area contributed by atoms with Crippen LogP contribution in [0.5, 0.6) is 0 Å². The van der Waals surface area contributed by atoms with Crippen LogP contribution in [0.3, 0.4) is 0 Å². The number of fused-ring (bicyclic) bond motifs is 3. The van der Waals surface area contributed by atoms with E-state index in [0.717, 1.165) is 22.9 Å². The Labute approximate surface area is 139 Å². The second kappa shape index (κ2) is 5.16. The highest BCUT2D eigenvalue weighted by atomic mass is 19.4. The maximum atomic E-state index is 13.4. The van der Waals surface area contributed by atoms with Crippen LogP contribution in [0.25, 0.3) is 28.3 Å². The molecular weight excluding hydrogens is 368 g/mol. The van der Waals surface area contributed by atoms with Gasteiger partial charge in [0.2, 0.25) is 6.39 Å². The van der Waals surface area contributed by atoms with Gasteiger partial charge in [-0.15, -0.1) is 10.2 Å². The smallest absolute Gasteiger partial charge is 0.418 e. The summed E-state index contributed by atoms with van der Waals surface area (Å²) in [5.74, 6) is 0.00445. The van der Waals surface area contributed by atoms with E-state index in [4.69, 9.17) is 4.42 Å². The van der Waals surface area contributed by atoms with E-state index in [1.165, 1.54) is 6.20 Å². The Morgan fingerprint density at radius 1 is 1.00 bits per heavy atom. The lowest BCUT2D eigenvalue weighted by atomic mass is 10.0. The summed E-state index contributed by atoms with van der Waals surface area (Å²) in [5.41, 5.74) is -3.68. The molecule has 6 nitrogen and oxygen atoms in total. The predicted octanol–water partition coefficient (Wildman–Crippen LogP) is 3.97. The molecule has 0 aromatic carbocycles. The van der Waals surface area contributed by atoms with Crippen LogP contribution in [-0.2, 0) is 12.4 Å². The van der Waals surface area contributed by atoms with Crippen molar-refractivity contribution in [1.29, 1.82) is 0 Å². The topological polar surface area (TPSA) is 69.1 Å². The van der Waals surface area contributed by atoms with Gasteiger partial charge in [-0.2, -0.15) is 26.3 Å². The zero-order chi connectivity index (χ0) is 18.7. The van der Waals surface area contributed by atoms with Gasteiger partial charge in [0.25, 0.3) is 5.89 Å². The van der Waals surface area contributed by atoms with Crippen molar-refractivity contribution in [3.63, 3.8) is 0 Å². The molecule has 0 aliphatic rings. The van der Waals surface area contributed by atoms with Crippen molar-refractivity contribution < 1.29 is 30.8 Å². The molecule has 0 saturated carbocycles. The number of rotatable bonds is 1. The number of aromatic nitrogens is 5. The fraction of sp³-hybridized carbons (Fsp3) is 0.143. The molecule has 12 heteroatoms. The number of alkyl halides is 6. The Bertz CT molecular complexity index is 1110. The Kier molecular flexibility index (Phi) is 3.23. The molecule has 4 heterocycles. The molecule has 0 spiro atoms. The molecule has 0 saturated heterocycles. The van der Waals surface area contributed by atoms with Gasteiger partial charge in [0.05, 0.1) is 11.1 Å². The summed E-state index contributed by atoms with van der Waals surface area (Å²) in [6.45, 7) is 0. The average molecular weight is 373 g/mol. The molecule has 0 atom stereocenters. The largest absolute Gasteiger partial charge is 0.422 e. The Balaban J connectivity index is 2.07. The number of hydrogen-bond acceptors (Lipinski definition) is 5. The fourth-order valence-corrected chi connectivity index (χ4v) is 2.61. The lowest BCUT2D eigenvalue weighted by Gasteiger charge is -2.17. The lowest BCUT2D eigenvalue weighted by Crippen LogP contribution is -2.18.